The summed E-state index contributed by atoms with van der Waals surface area (Å²) in [5.41, 5.74) is 1.02. The lowest BCUT2D eigenvalue weighted by molar-refractivity contribution is -0.127. The number of hydrogen-bond donors (Lipinski definition) is 1. The van der Waals surface area contributed by atoms with Gasteiger partial charge in [-0.1, -0.05) is 17.7 Å². The molecule has 0 aliphatic carbocycles. The molecule has 1 amide bonds. The van der Waals surface area contributed by atoms with E-state index in [4.69, 9.17) is 4.74 Å². The number of methoxy groups -OCH3 is 1. The summed E-state index contributed by atoms with van der Waals surface area (Å²) in [7, 11) is -1.88. The molecule has 1 saturated heterocycles. The maximum Gasteiger partial charge on any atom is 0.243 e. The number of carbonyl (C=O) groups is 1. The third-order valence-corrected chi connectivity index (χ3v) is 6.20. The lowest BCUT2D eigenvalue weighted by atomic mass is 9.97. The molecule has 0 radical (unpaired) electrons. The largest absolute Gasteiger partial charge is 0.383 e. The zero-order chi connectivity index (χ0) is 17.7. The minimum atomic E-state index is -3.48. The number of aryl methyl sites for hydroxylation is 1. The van der Waals surface area contributed by atoms with Crippen molar-refractivity contribution in [2.45, 2.75) is 37.6 Å². The first-order valence-electron chi connectivity index (χ1n) is 8.20. The molecule has 0 unspecified atom stereocenters. The number of hydrogen-bond acceptors (Lipinski definition) is 4. The summed E-state index contributed by atoms with van der Waals surface area (Å²) in [6.07, 6.45) is 1.08. The standard InChI is InChI=1S/C17H26N2O4S/c1-13-4-6-16(7-5-13)24(21,22)19-10-8-15(9-11-19)17(20)18-14(2)12-23-3/h4-7,14-15H,8-12H2,1-3H3,(H,18,20)/t14-/m1/s1. The van der Waals surface area contributed by atoms with Gasteiger partial charge in [0.1, 0.15) is 0 Å². The molecular formula is C17H26N2O4S. The lowest BCUT2D eigenvalue weighted by Gasteiger charge is -2.31. The number of rotatable bonds is 6. The van der Waals surface area contributed by atoms with E-state index in [1.54, 1.807) is 31.4 Å². The first-order chi connectivity index (χ1) is 11.3. The van der Waals surface area contributed by atoms with Gasteiger partial charge in [0.25, 0.3) is 0 Å². The second kappa shape index (κ2) is 8.09. The van der Waals surface area contributed by atoms with E-state index in [1.165, 1.54) is 4.31 Å². The van der Waals surface area contributed by atoms with Crippen LogP contribution in [0.5, 0.6) is 0 Å². The van der Waals surface area contributed by atoms with Crippen molar-refractivity contribution in [2.75, 3.05) is 26.8 Å². The van der Waals surface area contributed by atoms with E-state index >= 15 is 0 Å². The molecule has 1 N–H and O–H groups in total. The first-order valence-corrected chi connectivity index (χ1v) is 9.64. The van der Waals surface area contributed by atoms with Gasteiger partial charge in [0, 0.05) is 32.2 Å². The van der Waals surface area contributed by atoms with Crippen molar-refractivity contribution in [2.24, 2.45) is 5.92 Å². The number of nitrogens with zero attached hydrogens (tertiary/aromatic N) is 1. The molecule has 1 aliphatic heterocycles. The van der Waals surface area contributed by atoms with Crippen LogP contribution in [0.25, 0.3) is 0 Å². The molecule has 1 aromatic rings. The van der Waals surface area contributed by atoms with Crippen LogP contribution < -0.4 is 5.32 Å². The van der Waals surface area contributed by atoms with Crippen LogP contribution in [0.4, 0.5) is 0 Å². The highest BCUT2D eigenvalue weighted by Gasteiger charge is 2.32. The Kier molecular flexibility index (Phi) is 6.37. The second-order valence-corrected chi connectivity index (χ2v) is 8.29. The maximum absolute atomic E-state index is 12.6. The molecule has 0 bridgehead atoms. The molecule has 7 heteroatoms. The van der Waals surface area contributed by atoms with E-state index in [1.807, 2.05) is 13.8 Å². The fourth-order valence-corrected chi connectivity index (χ4v) is 4.34. The van der Waals surface area contributed by atoms with Crippen LogP contribution in [-0.2, 0) is 19.6 Å². The van der Waals surface area contributed by atoms with Gasteiger partial charge >= 0.3 is 0 Å². The molecule has 6 nitrogen and oxygen atoms in total. The van der Waals surface area contributed by atoms with Gasteiger partial charge in [0.05, 0.1) is 11.5 Å². The summed E-state index contributed by atoms with van der Waals surface area (Å²) >= 11 is 0. The van der Waals surface area contributed by atoms with Crippen LogP contribution >= 0.6 is 0 Å². The van der Waals surface area contributed by atoms with E-state index in [0.29, 0.717) is 37.4 Å². The Bertz CT molecular complexity index is 650. The Hall–Kier alpha value is -1.44. The summed E-state index contributed by atoms with van der Waals surface area (Å²) in [6, 6.07) is 6.82. The van der Waals surface area contributed by atoms with Crippen molar-refractivity contribution in [3.05, 3.63) is 29.8 Å². The van der Waals surface area contributed by atoms with Gasteiger partial charge in [-0.2, -0.15) is 4.31 Å². The number of ether oxygens (including phenoxy) is 1. The molecule has 0 aromatic heterocycles. The van der Waals surface area contributed by atoms with Gasteiger partial charge in [-0.3, -0.25) is 4.79 Å². The minimum Gasteiger partial charge on any atom is -0.383 e. The molecule has 1 heterocycles. The molecular weight excluding hydrogens is 328 g/mol. The van der Waals surface area contributed by atoms with Crippen LogP contribution in [0.1, 0.15) is 25.3 Å². The monoisotopic (exact) mass is 354 g/mol. The molecule has 1 aromatic carbocycles. The first kappa shape index (κ1) is 18.9. The van der Waals surface area contributed by atoms with Crippen molar-refractivity contribution in [3.8, 4) is 0 Å². The number of carbonyl (C=O) groups excluding carboxylic acids is 1. The number of sulfonamides is 1. The molecule has 24 heavy (non-hydrogen) atoms. The highest BCUT2D eigenvalue weighted by Crippen LogP contribution is 2.24. The van der Waals surface area contributed by atoms with Crippen LogP contribution in [0.15, 0.2) is 29.2 Å². The number of nitrogens with one attached hydrogen (secondary N) is 1. The summed E-state index contributed by atoms with van der Waals surface area (Å²) in [5.74, 6) is -0.166. The second-order valence-electron chi connectivity index (χ2n) is 6.36. The third kappa shape index (κ3) is 4.55. The van der Waals surface area contributed by atoms with Crippen LogP contribution in [-0.4, -0.2) is 51.5 Å². The minimum absolute atomic E-state index is 0.0214. The van der Waals surface area contributed by atoms with Crippen molar-refractivity contribution in [1.29, 1.82) is 0 Å². The van der Waals surface area contributed by atoms with Crippen molar-refractivity contribution in [1.82, 2.24) is 9.62 Å². The fourth-order valence-electron chi connectivity index (χ4n) is 2.87. The van der Waals surface area contributed by atoms with Crippen molar-refractivity contribution >= 4 is 15.9 Å². The van der Waals surface area contributed by atoms with E-state index in [9.17, 15) is 13.2 Å². The number of amides is 1. The van der Waals surface area contributed by atoms with Gasteiger partial charge in [-0.15, -0.1) is 0 Å². The van der Waals surface area contributed by atoms with Crippen molar-refractivity contribution < 1.29 is 17.9 Å². The fraction of sp³-hybridized carbons (Fsp3) is 0.588. The van der Waals surface area contributed by atoms with E-state index in [0.717, 1.165) is 5.56 Å². The summed E-state index contributed by atoms with van der Waals surface area (Å²) < 4.78 is 31.8. The topological polar surface area (TPSA) is 75.7 Å². The highest BCUT2D eigenvalue weighted by molar-refractivity contribution is 7.89. The molecule has 0 spiro atoms. The maximum atomic E-state index is 12.6. The Morgan fingerprint density at radius 3 is 2.42 bits per heavy atom. The lowest BCUT2D eigenvalue weighted by Crippen LogP contribution is -2.45. The predicted octanol–water partition coefficient (Wildman–Crippen LogP) is 1.55. The van der Waals surface area contributed by atoms with Crippen LogP contribution in [0, 0.1) is 12.8 Å². The average Bonchev–Trinajstić information content (AvgIpc) is 2.55. The van der Waals surface area contributed by atoms with Gasteiger partial charge in [0.2, 0.25) is 15.9 Å². The number of piperidine rings is 1. The zero-order valence-electron chi connectivity index (χ0n) is 14.5. The van der Waals surface area contributed by atoms with Crippen molar-refractivity contribution in [3.63, 3.8) is 0 Å². The zero-order valence-corrected chi connectivity index (χ0v) is 15.3. The summed E-state index contributed by atoms with van der Waals surface area (Å²) in [6.45, 7) is 5.01. The third-order valence-electron chi connectivity index (χ3n) is 4.29. The van der Waals surface area contributed by atoms with E-state index in [-0.39, 0.29) is 17.9 Å². The smallest absolute Gasteiger partial charge is 0.243 e. The van der Waals surface area contributed by atoms with Gasteiger partial charge in [0.15, 0.2) is 0 Å². The number of benzene rings is 1. The average molecular weight is 354 g/mol. The Morgan fingerprint density at radius 1 is 1.29 bits per heavy atom. The van der Waals surface area contributed by atoms with Gasteiger partial charge < -0.3 is 10.1 Å². The molecule has 0 saturated carbocycles. The normalized spacial score (nSPS) is 18.3. The summed E-state index contributed by atoms with van der Waals surface area (Å²) in [4.78, 5) is 12.5. The molecule has 1 fully saturated rings. The van der Waals surface area contributed by atoms with E-state index < -0.39 is 10.0 Å². The van der Waals surface area contributed by atoms with Crippen LogP contribution in [0.2, 0.25) is 0 Å². The highest BCUT2D eigenvalue weighted by atomic mass is 32.2. The van der Waals surface area contributed by atoms with Gasteiger partial charge in [-0.05, 0) is 38.8 Å². The quantitative estimate of drug-likeness (QED) is 0.841. The molecule has 1 aliphatic rings. The summed E-state index contributed by atoms with van der Waals surface area (Å²) in [5, 5.41) is 2.91. The predicted molar refractivity (Wildman–Crippen MR) is 92.1 cm³/mol. The Labute approximate surface area is 144 Å². The van der Waals surface area contributed by atoms with Gasteiger partial charge in [-0.25, -0.2) is 8.42 Å². The Morgan fingerprint density at radius 2 is 1.88 bits per heavy atom. The Balaban J connectivity index is 1.94. The SMILES string of the molecule is COC[C@@H](C)NC(=O)C1CCN(S(=O)(=O)c2ccc(C)cc2)CC1. The van der Waals surface area contributed by atoms with Crippen LogP contribution in [0.3, 0.4) is 0 Å². The molecule has 2 rings (SSSR count). The molecule has 1 atom stereocenters. The van der Waals surface area contributed by atoms with E-state index in [2.05, 4.69) is 5.32 Å². The molecule has 134 valence electrons.